The molecular weight excluding hydrogens is 283 g/mol. The Morgan fingerprint density at radius 2 is 2.16 bits per heavy atom. The van der Waals surface area contributed by atoms with Crippen molar-refractivity contribution in [2.45, 2.75) is 26.8 Å². The van der Waals surface area contributed by atoms with Crippen molar-refractivity contribution in [2.75, 3.05) is 6.54 Å². The maximum Gasteiger partial charge on any atom is 0.134 e. The van der Waals surface area contributed by atoms with Gasteiger partial charge in [0.15, 0.2) is 0 Å². The highest BCUT2D eigenvalue weighted by Gasteiger charge is 2.16. The van der Waals surface area contributed by atoms with E-state index in [1.807, 2.05) is 0 Å². The highest BCUT2D eigenvalue weighted by atomic mass is 35.5. The van der Waals surface area contributed by atoms with Crippen molar-refractivity contribution in [3.8, 4) is 10.6 Å². The van der Waals surface area contributed by atoms with Crippen LogP contribution < -0.4 is 5.32 Å². The second-order valence-corrected chi connectivity index (χ2v) is 5.61. The molecule has 2 nitrogen and oxygen atoms in total. The Balaban J connectivity index is 2.43. The predicted molar refractivity (Wildman–Crippen MR) is 79.3 cm³/mol. The SMILES string of the molecule is CCNCc1sc(-c2c(F)cccc2Cl)nc1CC. The van der Waals surface area contributed by atoms with E-state index in [-0.39, 0.29) is 5.82 Å². The number of thiazole rings is 1. The predicted octanol–water partition coefficient (Wildman–Crippen LogP) is 4.27. The molecule has 2 aromatic rings. The molecule has 0 aliphatic heterocycles. The zero-order chi connectivity index (χ0) is 13.8. The Labute approximate surface area is 121 Å². The standard InChI is InChI=1S/C14H16ClFN2S/c1-3-11-12(8-17-4-2)19-14(18-11)13-9(15)6-5-7-10(13)16/h5-7,17H,3-4,8H2,1-2H3. The number of nitrogens with zero attached hydrogens (tertiary/aromatic N) is 1. The summed E-state index contributed by atoms with van der Waals surface area (Å²) < 4.78 is 13.9. The molecule has 2 rings (SSSR count). The largest absolute Gasteiger partial charge is 0.312 e. The highest BCUT2D eigenvalue weighted by molar-refractivity contribution is 7.15. The Morgan fingerprint density at radius 1 is 1.37 bits per heavy atom. The van der Waals surface area contributed by atoms with Crippen LogP contribution in [0.1, 0.15) is 24.4 Å². The number of halogens is 2. The molecule has 0 aliphatic carbocycles. The Morgan fingerprint density at radius 3 is 2.79 bits per heavy atom. The van der Waals surface area contributed by atoms with Crippen LogP contribution in [0.2, 0.25) is 5.02 Å². The van der Waals surface area contributed by atoms with Gasteiger partial charge in [0.1, 0.15) is 10.8 Å². The molecule has 0 amide bonds. The van der Waals surface area contributed by atoms with E-state index in [1.54, 1.807) is 12.1 Å². The van der Waals surface area contributed by atoms with Gasteiger partial charge in [-0.1, -0.05) is 31.5 Å². The van der Waals surface area contributed by atoms with E-state index >= 15 is 0 Å². The summed E-state index contributed by atoms with van der Waals surface area (Å²) in [7, 11) is 0. The quantitative estimate of drug-likeness (QED) is 0.891. The molecule has 1 aromatic heterocycles. The molecule has 0 spiro atoms. The van der Waals surface area contributed by atoms with Crippen LogP contribution in [0.5, 0.6) is 0 Å². The summed E-state index contributed by atoms with van der Waals surface area (Å²) in [4.78, 5) is 5.68. The van der Waals surface area contributed by atoms with E-state index in [2.05, 4.69) is 24.1 Å². The highest BCUT2D eigenvalue weighted by Crippen LogP contribution is 2.35. The number of aromatic nitrogens is 1. The molecule has 0 saturated carbocycles. The zero-order valence-electron chi connectivity index (χ0n) is 11.0. The van der Waals surface area contributed by atoms with E-state index in [4.69, 9.17) is 11.6 Å². The summed E-state index contributed by atoms with van der Waals surface area (Å²) >= 11 is 7.59. The summed E-state index contributed by atoms with van der Waals surface area (Å²) in [5, 5.41) is 4.35. The molecule has 0 saturated heterocycles. The lowest BCUT2D eigenvalue weighted by Crippen LogP contribution is -2.11. The van der Waals surface area contributed by atoms with Crippen LogP contribution in [0.3, 0.4) is 0 Å². The minimum absolute atomic E-state index is 0.320. The lowest BCUT2D eigenvalue weighted by Gasteiger charge is -2.01. The topological polar surface area (TPSA) is 24.9 Å². The van der Waals surface area contributed by atoms with Crippen molar-refractivity contribution >= 4 is 22.9 Å². The summed E-state index contributed by atoms with van der Waals surface area (Å²) in [6.45, 7) is 5.78. The van der Waals surface area contributed by atoms with E-state index in [9.17, 15) is 4.39 Å². The van der Waals surface area contributed by atoms with Gasteiger partial charge in [0.2, 0.25) is 0 Å². The van der Waals surface area contributed by atoms with Crippen molar-refractivity contribution in [2.24, 2.45) is 0 Å². The smallest absolute Gasteiger partial charge is 0.134 e. The van der Waals surface area contributed by atoms with E-state index < -0.39 is 0 Å². The molecule has 0 fully saturated rings. The first-order chi connectivity index (χ1) is 9.17. The number of hydrogen-bond donors (Lipinski definition) is 1. The molecule has 0 bridgehead atoms. The molecule has 1 heterocycles. The first-order valence-electron chi connectivity index (χ1n) is 6.31. The van der Waals surface area contributed by atoms with Gasteiger partial charge in [-0.3, -0.25) is 0 Å². The molecule has 102 valence electrons. The number of hydrogen-bond acceptors (Lipinski definition) is 3. The third-order valence-electron chi connectivity index (χ3n) is 2.83. The van der Waals surface area contributed by atoms with Crippen LogP contribution in [0.4, 0.5) is 4.39 Å². The summed E-state index contributed by atoms with van der Waals surface area (Å²) in [5.74, 6) is -0.320. The van der Waals surface area contributed by atoms with Gasteiger partial charge < -0.3 is 5.32 Å². The van der Waals surface area contributed by atoms with Crippen molar-refractivity contribution in [3.63, 3.8) is 0 Å². The molecule has 0 radical (unpaired) electrons. The van der Waals surface area contributed by atoms with E-state index in [0.29, 0.717) is 15.6 Å². The second-order valence-electron chi connectivity index (χ2n) is 4.12. The van der Waals surface area contributed by atoms with Crippen LogP contribution in [-0.2, 0) is 13.0 Å². The van der Waals surface area contributed by atoms with Gasteiger partial charge in [0, 0.05) is 11.4 Å². The van der Waals surface area contributed by atoms with E-state index in [1.165, 1.54) is 17.4 Å². The normalized spacial score (nSPS) is 10.9. The molecule has 0 unspecified atom stereocenters. The average molecular weight is 299 g/mol. The third-order valence-corrected chi connectivity index (χ3v) is 4.26. The van der Waals surface area contributed by atoms with Crippen LogP contribution in [0, 0.1) is 5.82 Å². The van der Waals surface area contributed by atoms with Gasteiger partial charge in [-0.05, 0) is 25.1 Å². The maximum atomic E-state index is 13.9. The number of rotatable bonds is 5. The van der Waals surface area contributed by atoms with Crippen molar-refractivity contribution in [3.05, 3.63) is 39.6 Å². The monoisotopic (exact) mass is 298 g/mol. The van der Waals surface area contributed by atoms with Gasteiger partial charge in [0.25, 0.3) is 0 Å². The first kappa shape index (κ1) is 14.4. The number of benzene rings is 1. The van der Waals surface area contributed by atoms with Crippen LogP contribution >= 0.6 is 22.9 Å². The molecule has 19 heavy (non-hydrogen) atoms. The fourth-order valence-electron chi connectivity index (χ4n) is 1.85. The minimum Gasteiger partial charge on any atom is -0.312 e. The Bertz CT molecular complexity index is 548. The van der Waals surface area contributed by atoms with Gasteiger partial charge >= 0.3 is 0 Å². The first-order valence-corrected chi connectivity index (χ1v) is 7.50. The maximum absolute atomic E-state index is 13.9. The number of nitrogens with one attached hydrogen (secondary N) is 1. The summed E-state index contributed by atoms with van der Waals surface area (Å²) in [5.41, 5.74) is 1.42. The van der Waals surface area contributed by atoms with Gasteiger partial charge in [-0.2, -0.15) is 0 Å². The minimum atomic E-state index is -0.320. The molecule has 0 aliphatic rings. The fourth-order valence-corrected chi connectivity index (χ4v) is 3.33. The Kier molecular flexibility index (Phi) is 4.91. The number of aryl methyl sites for hydroxylation is 1. The Hall–Kier alpha value is -0.970. The lowest BCUT2D eigenvalue weighted by molar-refractivity contribution is 0.631. The van der Waals surface area contributed by atoms with Gasteiger partial charge in [-0.25, -0.2) is 9.37 Å². The van der Waals surface area contributed by atoms with Crippen LogP contribution in [-0.4, -0.2) is 11.5 Å². The van der Waals surface area contributed by atoms with Crippen LogP contribution in [0.25, 0.3) is 10.6 Å². The van der Waals surface area contributed by atoms with Crippen molar-refractivity contribution < 1.29 is 4.39 Å². The third kappa shape index (κ3) is 3.14. The summed E-state index contributed by atoms with van der Waals surface area (Å²) in [6.07, 6.45) is 0.837. The second kappa shape index (κ2) is 6.46. The average Bonchev–Trinajstić information content (AvgIpc) is 2.79. The van der Waals surface area contributed by atoms with Crippen molar-refractivity contribution in [1.29, 1.82) is 0 Å². The van der Waals surface area contributed by atoms with E-state index in [0.717, 1.165) is 30.1 Å². The zero-order valence-corrected chi connectivity index (χ0v) is 12.5. The van der Waals surface area contributed by atoms with Crippen molar-refractivity contribution in [1.82, 2.24) is 10.3 Å². The van der Waals surface area contributed by atoms with Gasteiger partial charge in [-0.15, -0.1) is 11.3 Å². The molecular formula is C14H16ClFN2S. The van der Waals surface area contributed by atoms with Gasteiger partial charge in [0.05, 0.1) is 16.3 Å². The fraction of sp³-hybridized carbons (Fsp3) is 0.357. The molecule has 1 N–H and O–H groups in total. The summed E-state index contributed by atoms with van der Waals surface area (Å²) in [6, 6.07) is 4.71. The molecule has 0 atom stereocenters. The molecule has 1 aromatic carbocycles. The molecule has 5 heteroatoms. The van der Waals surface area contributed by atoms with Crippen LogP contribution in [0.15, 0.2) is 18.2 Å². The lowest BCUT2D eigenvalue weighted by atomic mass is 10.2.